The second-order valence-corrected chi connectivity index (χ2v) is 17.2. The maximum Gasteiger partial charge on any atom is 0.391 e. The lowest BCUT2D eigenvalue weighted by Crippen LogP contribution is -2.29. The molecule has 0 bridgehead atoms. The third-order valence-electron chi connectivity index (χ3n) is 10.9. The number of methoxy groups -OCH3 is 4. The molecule has 5 aromatic carbocycles. The Labute approximate surface area is 492 Å². The summed E-state index contributed by atoms with van der Waals surface area (Å²) in [5.41, 5.74) is 21.7. The van der Waals surface area contributed by atoms with E-state index in [4.69, 9.17) is 62.4 Å². The average molecular weight is 1210 g/mol. The van der Waals surface area contributed by atoms with Gasteiger partial charge in [0.1, 0.15) is 29.1 Å². The lowest BCUT2D eigenvalue weighted by molar-refractivity contribution is -0.149. The highest BCUT2D eigenvalue weighted by Gasteiger charge is 2.18. The van der Waals surface area contributed by atoms with Crippen molar-refractivity contribution in [2.45, 2.75) is 26.7 Å². The van der Waals surface area contributed by atoms with Gasteiger partial charge >= 0.3 is 11.2 Å². The summed E-state index contributed by atoms with van der Waals surface area (Å²) >= 11 is 4.69. The normalized spacial score (nSPS) is 10.2. The van der Waals surface area contributed by atoms with E-state index in [0.717, 1.165) is 11.5 Å². The molecular formula is C55H57ClF3N15O12. The van der Waals surface area contributed by atoms with Crippen LogP contribution in [0.25, 0.3) is 44.7 Å². The molecule has 4 heterocycles. The molecule has 9 rings (SSSR count). The molecule has 27 nitrogen and oxygen atoms in total. The summed E-state index contributed by atoms with van der Waals surface area (Å²) in [6.07, 6.45) is 0.621. The number of amides is 1. The summed E-state index contributed by atoms with van der Waals surface area (Å²) in [6.45, 7) is 4.58. The first-order chi connectivity index (χ1) is 41.2. The van der Waals surface area contributed by atoms with E-state index in [1.165, 1.54) is 75.7 Å². The van der Waals surface area contributed by atoms with Crippen LogP contribution in [0.2, 0.25) is 0 Å². The molecule has 0 spiro atoms. The molecule has 0 saturated carbocycles. The van der Waals surface area contributed by atoms with Gasteiger partial charge in [-0.3, -0.25) is 24.6 Å². The summed E-state index contributed by atoms with van der Waals surface area (Å²) in [5, 5.41) is 21.1. The van der Waals surface area contributed by atoms with Crippen molar-refractivity contribution in [2.24, 2.45) is 11.6 Å². The van der Waals surface area contributed by atoms with E-state index in [0.29, 0.717) is 94.3 Å². The van der Waals surface area contributed by atoms with Gasteiger partial charge in [-0.2, -0.15) is 9.97 Å². The van der Waals surface area contributed by atoms with Gasteiger partial charge in [-0.05, 0) is 91.7 Å². The van der Waals surface area contributed by atoms with Gasteiger partial charge in [0.15, 0.2) is 23.0 Å². The average Bonchev–Trinajstić information content (AvgIpc) is 3.36. The molecule has 0 fully saturated rings. The van der Waals surface area contributed by atoms with Crippen molar-refractivity contribution in [3.8, 4) is 45.9 Å². The monoisotopic (exact) mass is 1210 g/mol. The minimum atomic E-state index is -1.08. The zero-order chi connectivity index (χ0) is 62.9. The first kappa shape index (κ1) is 66.2. The van der Waals surface area contributed by atoms with E-state index in [9.17, 15) is 37.1 Å². The number of aromatic nitrogens is 8. The van der Waals surface area contributed by atoms with E-state index >= 15 is 0 Å². The third kappa shape index (κ3) is 19.2. The Morgan fingerprint density at radius 1 is 0.605 bits per heavy atom. The molecule has 0 aliphatic carbocycles. The molecule has 86 heavy (non-hydrogen) atoms. The number of hydrogen-bond acceptors (Lipinski definition) is 26. The lowest BCUT2D eigenvalue weighted by Gasteiger charge is -2.11. The number of ketones is 2. The molecule has 0 aliphatic rings. The Morgan fingerprint density at radius 2 is 1.06 bits per heavy atom. The number of carbonyl (C=O) groups is 5. The van der Waals surface area contributed by atoms with Crippen LogP contribution in [-0.2, 0) is 14.3 Å². The number of rotatable bonds is 19. The van der Waals surface area contributed by atoms with Crippen LogP contribution in [0.5, 0.6) is 23.0 Å². The smallest absolute Gasteiger partial charge is 0.391 e. The summed E-state index contributed by atoms with van der Waals surface area (Å²) in [4.78, 5) is 71.1. The Morgan fingerprint density at radius 3 is 1.47 bits per heavy atom. The van der Waals surface area contributed by atoms with Gasteiger partial charge in [-0.1, -0.05) is 18.2 Å². The van der Waals surface area contributed by atoms with Crippen molar-refractivity contribution < 1.29 is 69.7 Å². The molecular weight excluding hydrogens is 1160 g/mol. The summed E-state index contributed by atoms with van der Waals surface area (Å²) in [7, 11) is 6.21. The van der Waals surface area contributed by atoms with Crippen LogP contribution in [0.1, 0.15) is 58.4 Å². The Kier molecular flexibility index (Phi) is 25.3. The number of carbonyl (C=O) groups excluding carboxylic acids is 5. The number of nitrogens with two attached hydrogens (primary N) is 4. The molecule has 0 saturated heterocycles. The van der Waals surface area contributed by atoms with E-state index in [2.05, 4.69) is 55.7 Å². The summed E-state index contributed by atoms with van der Waals surface area (Å²) in [6, 6.07) is 23.7. The van der Waals surface area contributed by atoms with E-state index < -0.39 is 34.6 Å². The van der Waals surface area contributed by atoms with Gasteiger partial charge in [0.25, 0.3) is 17.7 Å². The summed E-state index contributed by atoms with van der Waals surface area (Å²) in [5.74, 6) is 5.14. The number of nitrogen functional groups attached to an aromatic ring is 3. The second-order valence-electron chi connectivity index (χ2n) is 16.9. The van der Waals surface area contributed by atoms with Gasteiger partial charge in [-0.25, -0.2) is 33.8 Å². The Bertz CT molecular complexity index is 3800. The Hall–Kier alpha value is -10.6. The number of nitrogens with zero attached hydrogens (tertiary/aromatic N) is 8. The number of Topliss-reactive ketones (excluding diaryl/α,β-unsaturated/α-hetero) is 2. The molecule has 1 amide bonds. The standard InChI is InChI=1S/C22H21FN6O4.C12H17N5O2.C10H7FN2O2.C7H7FN2O.C4H5ClO3/c1-31-17-10-14-15(11-18(17)32-2)26-22(27-19(14)24)25-8-4-7-16(30)21-29-28-20(33-21)12-5-3-6-13(23)9-12;1-18-9-5-7-8(6-10(9)19-2)16-12(15-4-3-13)17-11(7)14;1-6(14)9-12-13-10(15-9)7-3-2-4-8(11)5-7;8-6-3-1-2-5(4-6)7(11)10-9;1-2-8-4(7)3(5)6/h3,5-6,9-11H,4,7-8H2,1-2H3,(H3,24,25,26,27);5-6H,3-4,13H2,1-2H3,(H3,14,15,16,17);2-5H,1H3;1-4H,9H2,(H,10,11);2H2,1H3. The molecule has 11 N–H and O–H groups in total. The first-order valence-electron chi connectivity index (χ1n) is 25.2. The largest absolute Gasteiger partial charge is 0.493 e. The SMILES string of the molecule is CC(=O)c1nnc(-c2cccc(F)c2)o1.CCOC(=O)C(=O)Cl.COc1cc2nc(NCCCC(=O)c3nnc(-c4cccc(F)c4)o3)nc(N)c2cc1OC.COc1cc2nc(NCCN)nc(N)c2cc1OC.NNC(=O)c1cccc(F)c1. The number of hydrazine groups is 1. The first-order valence-corrected chi connectivity index (χ1v) is 25.6. The van der Waals surface area contributed by atoms with Crippen molar-refractivity contribution in [3.05, 3.63) is 132 Å². The van der Waals surface area contributed by atoms with Crippen LogP contribution in [-0.4, -0.2) is 124 Å². The maximum atomic E-state index is 13.4. The molecule has 31 heteroatoms. The fourth-order valence-electron chi connectivity index (χ4n) is 6.94. The zero-order valence-corrected chi connectivity index (χ0v) is 47.5. The molecule has 9 aromatic rings. The highest BCUT2D eigenvalue weighted by atomic mass is 35.5. The van der Waals surface area contributed by atoms with Gasteiger partial charge in [-0.15, -0.1) is 20.4 Å². The number of anilines is 4. The zero-order valence-electron chi connectivity index (χ0n) is 46.8. The fourth-order valence-corrected chi connectivity index (χ4v) is 6.99. The van der Waals surface area contributed by atoms with Crippen molar-refractivity contribution in [3.63, 3.8) is 0 Å². The number of fused-ring (bicyclic) bond motifs is 2. The Balaban J connectivity index is 0.000000216. The fraction of sp³-hybridized carbons (Fsp3) is 0.218. The van der Waals surface area contributed by atoms with E-state index in [1.807, 2.05) is 5.43 Å². The van der Waals surface area contributed by atoms with E-state index in [-0.39, 0.29) is 59.5 Å². The number of hydrogen-bond donors (Lipinski definition) is 7. The number of ether oxygens (including phenoxy) is 5. The maximum absolute atomic E-state index is 13.4. The highest BCUT2D eigenvalue weighted by molar-refractivity contribution is 6.80. The van der Waals surface area contributed by atoms with Crippen molar-refractivity contribution in [1.29, 1.82) is 0 Å². The third-order valence-corrected chi connectivity index (χ3v) is 11.1. The van der Waals surface area contributed by atoms with Crippen molar-refractivity contribution in [1.82, 2.24) is 45.8 Å². The highest BCUT2D eigenvalue weighted by Crippen LogP contribution is 2.35. The molecule has 4 aromatic heterocycles. The van der Waals surface area contributed by atoms with Crippen LogP contribution in [0.3, 0.4) is 0 Å². The topological polar surface area (TPSA) is 401 Å². The quantitative estimate of drug-likeness (QED) is 0.00631. The second kappa shape index (κ2) is 32.9. The predicted molar refractivity (Wildman–Crippen MR) is 309 cm³/mol. The van der Waals surface area contributed by atoms with Crippen LogP contribution < -0.4 is 58.1 Å². The predicted octanol–water partition coefficient (Wildman–Crippen LogP) is 6.92. The number of halogens is 4. The molecule has 0 atom stereocenters. The minimum Gasteiger partial charge on any atom is -0.493 e. The molecule has 452 valence electrons. The van der Waals surface area contributed by atoms with Gasteiger partial charge in [0, 0.05) is 72.6 Å². The van der Waals surface area contributed by atoms with Crippen molar-refractivity contribution >= 4 is 85.6 Å². The van der Waals surface area contributed by atoms with Crippen LogP contribution in [0, 0.1) is 17.5 Å². The number of nitrogens with one attached hydrogen (secondary N) is 3. The lowest BCUT2D eigenvalue weighted by atomic mass is 10.2. The molecule has 0 unspecified atom stereocenters. The van der Waals surface area contributed by atoms with Crippen LogP contribution >= 0.6 is 11.6 Å². The van der Waals surface area contributed by atoms with Gasteiger partial charge in [0.05, 0.1) is 46.1 Å². The minimum absolute atomic E-state index is 0.0748. The van der Waals surface area contributed by atoms with Crippen molar-refractivity contribution in [2.75, 3.05) is 76.8 Å². The van der Waals surface area contributed by atoms with E-state index in [1.54, 1.807) is 57.5 Å². The summed E-state index contributed by atoms with van der Waals surface area (Å²) < 4.78 is 74.3. The van der Waals surface area contributed by atoms with Crippen LogP contribution in [0.15, 0.2) is 106 Å². The van der Waals surface area contributed by atoms with Gasteiger partial charge in [0.2, 0.25) is 35.2 Å². The molecule has 0 aliphatic heterocycles. The number of benzene rings is 5. The number of esters is 1. The van der Waals surface area contributed by atoms with Gasteiger partial charge < -0.3 is 60.4 Å². The van der Waals surface area contributed by atoms with Crippen LogP contribution in [0.4, 0.5) is 36.7 Å². The molecule has 0 radical (unpaired) electrons.